The zero-order valence-electron chi connectivity index (χ0n) is 14.6. The molecule has 1 unspecified atom stereocenters. The number of nitrogens with zero attached hydrogens (tertiary/aromatic N) is 2. The van der Waals surface area contributed by atoms with Crippen molar-refractivity contribution in [3.8, 4) is 11.7 Å². The number of furan rings is 1. The lowest BCUT2D eigenvalue weighted by molar-refractivity contribution is 0.0737. The van der Waals surface area contributed by atoms with Gasteiger partial charge in [0, 0.05) is 51.4 Å². The number of nitrogens with one attached hydrogen (secondary N) is 1. The number of para-hydroxylation sites is 1. The van der Waals surface area contributed by atoms with Crippen LogP contribution >= 0.6 is 12.4 Å². The lowest BCUT2D eigenvalue weighted by atomic mass is 10.2. The maximum atomic E-state index is 12.7. The maximum absolute atomic E-state index is 12.7. The first kappa shape index (κ1) is 18.8. The van der Waals surface area contributed by atoms with Crippen molar-refractivity contribution in [1.82, 2.24) is 15.1 Å². The van der Waals surface area contributed by atoms with Gasteiger partial charge in [-0.3, -0.25) is 9.69 Å². The Bertz CT molecular complexity index is 716. The Morgan fingerprint density at radius 1 is 1.08 bits per heavy atom. The molecular formula is C19H24ClN3O3. The second-order valence-corrected chi connectivity index (χ2v) is 6.51. The molecule has 140 valence electrons. The Labute approximate surface area is 159 Å². The van der Waals surface area contributed by atoms with Crippen LogP contribution < -0.4 is 10.1 Å². The van der Waals surface area contributed by atoms with Crippen LogP contribution in [0.2, 0.25) is 0 Å². The highest BCUT2D eigenvalue weighted by Gasteiger charge is 2.32. The fourth-order valence-electron chi connectivity index (χ4n) is 3.52. The Hall–Kier alpha value is -2.02. The van der Waals surface area contributed by atoms with Crippen LogP contribution in [-0.2, 0) is 0 Å². The zero-order chi connectivity index (χ0) is 17.1. The summed E-state index contributed by atoms with van der Waals surface area (Å²) in [7, 11) is 0. The van der Waals surface area contributed by atoms with Crippen LogP contribution in [0, 0.1) is 0 Å². The van der Waals surface area contributed by atoms with E-state index in [1.54, 1.807) is 12.1 Å². The SMILES string of the molecule is Cl.O=C(c1ccc(Oc2ccccc2)o1)N1CCC(N2CCNCC2)C1. The number of halogens is 1. The van der Waals surface area contributed by atoms with Gasteiger partial charge in [0.25, 0.3) is 11.9 Å². The molecule has 2 aliphatic heterocycles. The molecule has 2 aromatic rings. The van der Waals surface area contributed by atoms with Crippen LogP contribution in [-0.4, -0.2) is 61.0 Å². The molecule has 26 heavy (non-hydrogen) atoms. The van der Waals surface area contributed by atoms with Gasteiger partial charge in [0.05, 0.1) is 0 Å². The topological polar surface area (TPSA) is 58.0 Å². The first-order chi connectivity index (χ1) is 12.3. The van der Waals surface area contributed by atoms with Gasteiger partial charge in [-0.25, -0.2) is 0 Å². The molecule has 0 bridgehead atoms. The number of likely N-dealkylation sites (tertiary alicyclic amines) is 1. The average Bonchev–Trinajstić information content (AvgIpc) is 3.33. The fourth-order valence-corrected chi connectivity index (χ4v) is 3.52. The van der Waals surface area contributed by atoms with Crippen LogP contribution in [0.25, 0.3) is 0 Å². The summed E-state index contributed by atoms with van der Waals surface area (Å²) in [5, 5.41) is 3.37. The number of piperazine rings is 1. The monoisotopic (exact) mass is 377 g/mol. The number of amides is 1. The number of ether oxygens (including phenoxy) is 1. The zero-order valence-corrected chi connectivity index (χ0v) is 15.4. The molecule has 1 aromatic carbocycles. The molecule has 2 aliphatic rings. The minimum atomic E-state index is -0.0550. The van der Waals surface area contributed by atoms with E-state index in [9.17, 15) is 4.79 Å². The van der Waals surface area contributed by atoms with Crippen LogP contribution in [0.15, 0.2) is 46.9 Å². The van der Waals surface area contributed by atoms with Crippen molar-refractivity contribution in [2.75, 3.05) is 39.3 Å². The molecule has 0 radical (unpaired) electrons. The first-order valence-electron chi connectivity index (χ1n) is 8.86. The molecule has 6 nitrogen and oxygen atoms in total. The summed E-state index contributed by atoms with van der Waals surface area (Å²) in [6, 6.07) is 13.3. The van der Waals surface area contributed by atoms with E-state index in [1.807, 2.05) is 35.2 Å². The molecule has 1 atom stereocenters. The Balaban J connectivity index is 0.00000196. The molecule has 4 rings (SSSR count). The Morgan fingerprint density at radius 3 is 2.62 bits per heavy atom. The van der Waals surface area contributed by atoms with Crippen molar-refractivity contribution in [3.05, 3.63) is 48.2 Å². The van der Waals surface area contributed by atoms with Gasteiger partial charge < -0.3 is 19.4 Å². The lowest BCUT2D eigenvalue weighted by Crippen LogP contribution is -2.49. The van der Waals surface area contributed by atoms with Crippen molar-refractivity contribution in [2.24, 2.45) is 0 Å². The summed E-state index contributed by atoms with van der Waals surface area (Å²) >= 11 is 0. The van der Waals surface area contributed by atoms with Crippen LogP contribution in [0.5, 0.6) is 11.7 Å². The molecule has 2 fully saturated rings. The van der Waals surface area contributed by atoms with Gasteiger partial charge in [-0.15, -0.1) is 12.4 Å². The van der Waals surface area contributed by atoms with Gasteiger partial charge in [0.2, 0.25) is 0 Å². The molecule has 0 spiro atoms. The summed E-state index contributed by atoms with van der Waals surface area (Å²) in [5.74, 6) is 1.32. The van der Waals surface area contributed by atoms with Crippen molar-refractivity contribution in [2.45, 2.75) is 12.5 Å². The molecule has 0 saturated carbocycles. The summed E-state index contributed by atoms with van der Waals surface area (Å²) in [4.78, 5) is 17.1. The minimum absolute atomic E-state index is 0. The third-order valence-corrected chi connectivity index (χ3v) is 4.87. The van der Waals surface area contributed by atoms with E-state index >= 15 is 0 Å². The van der Waals surface area contributed by atoms with Crippen molar-refractivity contribution < 1.29 is 13.9 Å². The maximum Gasteiger partial charge on any atom is 0.290 e. The highest BCUT2D eigenvalue weighted by atomic mass is 35.5. The molecule has 2 saturated heterocycles. The highest BCUT2D eigenvalue weighted by molar-refractivity contribution is 5.91. The molecule has 0 aliphatic carbocycles. The van der Waals surface area contributed by atoms with E-state index in [2.05, 4.69) is 10.2 Å². The number of hydrogen-bond acceptors (Lipinski definition) is 5. The standard InChI is InChI=1S/C19H23N3O3.ClH/c23-19(22-11-8-15(14-22)21-12-9-20-10-13-21)17-6-7-18(25-17)24-16-4-2-1-3-5-16;/h1-7,15,20H,8-14H2;1H. The molecule has 1 N–H and O–H groups in total. The summed E-state index contributed by atoms with van der Waals surface area (Å²) in [6.07, 6.45) is 1.03. The number of rotatable bonds is 4. The minimum Gasteiger partial charge on any atom is -0.426 e. The normalized spacial score (nSPS) is 20.6. The van der Waals surface area contributed by atoms with Crippen molar-refractivity contribution in [1.29, 1.82) is 0 Å². The van der Waals surface area contributed by atoms with E-state index in [1.165, 1.54) is 0 Å². The van der Waals surface area contributed by atoms with Gasteiger partial charge in [-0.05, 0) is 24.6 Å². The quantitative estimate of drug-likeness (QED) is 0.887. The number of hydrogen-bond donors (Lipinski definition) is 1. The van der Waals surface area contributed by atoms with E-state index in [0.717, 1.165) is 45.7 Å². The number of carbonyl (C=O) groups is 1. The molecule has 1 amide bonds. The Morgan fingerprint density at radius 2 is 1.85 bits per heavy atom. The molecule has 7 heteroatoms. The van der Waals surface area contributed by atoms with Gasteiger partial charge in [0.1, 0.15) is 5.75 Å². The lowest BCUT2D eigenvalue weighted by Gasteiger charge is -2.32. The van der Waals surface area contributed by atoms with Crippen LogP contribution in [0.3, 0.4) is 0 Å². The van der Waals surface area contributed by atoms with Gasteiger partial charge in [-0.1, -0.05) is 18.2 Å². The predicted octanol–water partition coefficient (Wildman–Crippen LogP) is 2.61. The Kier molecular flexibility index (Phi) is 6.19. The predicted molar refractivity (Wildman–Crippen MR) is 101 cm³/mol. The van der Waals surface area contributed by atoms with Crippen molar-refractivity contribution in [3.63, 3.8) is 0 Å². The third-order valence-electron chi connectivity index (χ3n) is 4.87. The van der Waals surface area contributed by atoms with E-state index in [0.29, 0.717) is 23.5 Å². The number of benzene rings is 1. The second kappa shape index (κ2) is 8.58. The third kappa shape index (κ3) is 4.20. The molecule has 3 heterocycles. The smallest absolute Gasteiger partial charge is 0.290 e. The number of carbonyl (C=O) groups excluding carboxylic acids is 1. The molecule has 1 aromatic heterocycles. The van der Waals surface area contributed by atoms with Crippen molar-refractivity contribution >= 4 is 18.3 Å². The van der Waals surface area contributed by atoms with Crippen LogP contribution in [0.1, 0.15) is 17.0 Å². The van der Waals surface area contributed by atoms with E-state index in [4.69, 9.17) is 9.15 Å². The molecular weight excluding hydrogens is 354 g/mol. The summed E-state index contributed by atoms with van der Waals surface area (Å²) < 4.78 is 11.2. The average molecular weight is 378 g/mol. The van der Waals surface area contributed by atoms with E-state index in [-0.39, 0.29) is 18.3 Å². The van der Waals surface area contributed by atoms with Gasteiger partial charge >= 0.3 is 0 Å². The van der Waals surface area contributed by atoms with E-state index < -0.39 is 0 Å². The summed E-state index contributed by atoms with van der Waals surface area (Å²) in [6.45, 7) is 5.73. The van der Waals surface area contributed by atoms with Gasteiger partial charge in [-0.2, -0.15) is 0 Å². The van der Waals surface area contributed by atoms with Crippen LogP contribution in [0.4, 0.5) is 0 Å². The summed E-state index contributed by atoms with van der Waals surface area (Å²) in [5.41, 5.74) is 0. The fraction of sp³-hybridized carbons (Fsp3) is 0.421. The highest BCUT2D eigenvalue weighted by Crippen LogP contribution is 2.25. The largest absolute Gasteiger partial charge is 0.426 e. The first-order valence-corrected chi connectivity index (χ1v) is 8.86. The second-order valence-electron chi connectivity index (χ2n) is 6.51. The van der Waals surface area contributed by atoms with Gasteiger partial charge in [0.15, 0.2) is 5.76 Å².